The summed E-state index contributed by atoms with van der Waals surface area (Å²) in [5, 5.41) is 6.95. The van der Waals surface area contributed by atoms with Crippen LogP contribution in [0.4, 0.5) is 0 Å². The van der Waals surface area contributed by atoms with Gasteiger partial charge in [0, 0.05) is 43.4 Å². The molecule has 2 fully saturated rings. The molecule has 2 aromatic carbocycles. The summed E-state index contributed by atoms with van der Waals surface area (Å²) in [4.78, 5) is 17.6. The fourth-order valence-corrected chi connectivity index (χ4v) is 5.12. The van der Waals surface area contributed by atoms with E-state index in [1.165, 1.54) is 5.56 Å². The lowest BCUT2D eigenvalue weighted by molar-refractivity contribution is 0.0768. The fourth-order valence-electron chi connectivity index (χ4n) is 5.12. The first-order chi connectivity index (χ1) is 14.6. The van der Waals surface area contributed by atoms with Crippen molar-refractivity contribution >= 4 is 18.3 Å². The Kier molecular flexibility index (Phi) is 6.03. The summed E-state index contributed by atoms with van der Waals surface area (Å²) in [5.74, 6) is 1.96. The molecule has 0 bridgehead atoms. The van der Waals surface area contributed by atoms with Gasteiger partial charge in [-0.3, -0.25) is 14.8 Å². The number of nitrogens with one attached hydrogen (secondary N) is 1. The number of carbonyl (C=O) groups excluding carboxylic acids is 1. The molecule has 0 spiro atoms. The minimum atomic E-state index is 0. The first kappa shape index (κ1) is 21.4. The second-order valence-corrected chi connectivity index (χ2v) is 8.34. The molecule has 3 atom stereocenters. The molecule has 3 heterocycles. The average Bonchev–Trinajstić information content (AvgIpc) is 3.50. The number of amides is 1. The number of likely N-dealkylation sites (tertiary alicyclic amines) is 2. The molecule has 1 aromatic heterocycles. The Morgan fingerprint density at radius 3 is 2.42 bits per heavy atom. The number of halogens is 1. The Hall–Kier alpha value is -2.83. The molecule has 0 aliphatic carbocycles. The molecule has 31 heavy (non-hydrogen) atoms. The zero-order valence-electron chi connectivity index (χ0n) is 17.7. The lowest BCUT2D eigenvalue weighted by Gasteiger charge is -2.27. The largest absolute Gasteiger partial charge is 0.497 e. The number of nitrogens with zero attached hydrogens (tertiary/aromatic N) is 3. The Bertz CT molecular complexity index is 1020. The van der Waals surface area contributed by atoms with Crippen molar-refractivity contribution in [3.05, 3.63) is 71.9 Å². The summed E-state index contributed by atoms with van der Waals surface area (Å²) in [6, 6.07) is 18.4. The summed E-state index contributed by atoms with van der Waals surface area (Å²) in [6.45, 7) is 2.64. The highest BCUT2D eigenvalue weighted by Gasteiger charge is 2.47. The average molecular weight is 439 g/mol. The van der Waals surface area contributed by atoms with Crippen molar-refractivity contribution in [2.45, 2.75) is 6.04 Å². The number of aromatic amines is 1. The van der Waals surface area contributed by atoms with Crippen LogP contribution in [0.15, 0.2) is 60.8 Å². The third-order valence-corrected chi connectivity index (χ3v) is 6.58. The molecule has 0 radical (unpaired) electrons. The highest BCUT2D eigenvalue weighted by Crippen LogP contribution is 2.44. The maximum atomic E-state index is 13.2. The van der Waals surface area contributed by atoms with Gasteiger partial charge in [0.1, 0.15) is 5.75 Å². The van der Waals surface area contributed by atoms with E-state index >= 15 is 0 Å². The van der Waals surface area contributed by atoms with Crippen LogP contribution in [0.2, 0.25) is 0 Å². The lowest BCUT2D eigenvalue weighted by atomic mass is 9.89. The summed E-state index contributed by atoms with van der Waals surface area (Å²) in [6.07, 6.45) is 1.73. The maximum absolute atomic E-state index is 13.2. The number of methoxy groups -OCH3 is 1. The van der Waals surface area contributed by atoms with Gasteiger partial charge in [0.05, 0.1) is 12.8 Å². The molecule has 1 amide bonds. The van der Waals surface area contributed by atoms with Gasteiger partial charge in [0.15, 0.2) is 0 Å². The van der Waals surface area contributed by atoms with Crippen molar-refractivity contribution in [3.8, 4) is 17.0 Å². The normalized spacial score (nSPS) is 22.8. The van der Waals surface area contributed by atoms with Gasteiger partial charge >= 0.3 is 0 Å². The number of hydrogen-bond acceptors (Lipinski definition) is 4. The molecule has 7 heteroatoms. The standard InChI is InChI=1S/C24H26N4O2.ClH/c1-27-13-19-14-28(15-21(19)23(27)17-7-9-20(30-2)10-8-17)24(29)18-5-3-16(4-6-18)22-11-12-25-26-22;/h3-12,19,21,23H,13-15H2,1-2H3,(H,25,26);1H/t19-,21+,23+;/m0./s1. The molecule has 6 nitrogen and oxygen atoms in total. The SMILES string of the molecule is COc1ccc([C@@H]2[C@@H]3CN(C(=O)c4ccc(-c5ccn[nH]5)cc4)C[C@@H]3CN2C)cc1.Cl. The van der Waals surface area contributed by atoms with Gasteiger partial charge in [-0.25, -0.2) is 0 Å². The molecular weight excluding hydrogens is 412 g/mol. The van der Waals surface area contributed by atoms with Crippen molar-refractivity contribution in [2.24, 2.45) is 11.8 Å². The summed E-state index contributed by atoms with van der Waals surface area (Å²) in [7, 11) is 3.88. The number of carbonyl (C=O) groups is 1. The number of aromatic nitrogens is 2. The predicted octanol–water partition coefficient (Wildman–Crippen LogP) is 3.88. The predicted molar refractivity (Wildman–Crippen MR) is 123 cm³/mol. The van der Waals surface area contributed by atoms with Crippen LogP contribution in [0, 0.1) is 11.8 Å². The first-order valence-corrected chi connectivity index (χ1v) is 10.4. The van der Waals surface area contributed by atoms with Crippen LogP contribution < -0.4 is 4.74 Å². The topological polar surface area (TPSA) is 61.5 Å². The third kappa shape index (κ3) is 3.93. The van der Waals surface area contributed by atoms with Crippen LogP contribution in [0.1, 0.15) is 22.0 Å². The van der Waals surface area contributed by atoms with E-state index in [0.717, 1.165) is 42.2 Å². The zero-order valence-corrected chi connectivity index (χ0v) is 18.5. The number of H-pyrrole nitrogens is 1. The molecule has 5 rings (SSSR count). The number of rotatable bonds is 4. The number of benzene rings is 2. The van der Waals surface area contributed by atoms with E-state index in [1.807, 2.05) is 47.4 Å². The molecule has 3 aromatic rings. The highest BCUT2D eigenvalue weighted by molar-refractivity contribution is 5.95. The Balaban J connectivity index is 0.00000231. The van der Waals surface area contributed by atoms with E-state index in [-0.39, 0.29) is 18.3 Å². The van der Waals surface area contributed by atoms with Crippen LogP contribution in [0.5, 0.6) is 5.75 Å². The molecule has 2 aliphatic rings. The van der Waals surface area contributed by atoms with Crippen molar-refractivity contribution in [1.82, 2.24) is 20.0 Å². The Morgan fingerprint density at radius 1 is 1.03 bits per heavy atom. The van der Waals surface area contributed by atoms with Gasteiger partial charge in [0.2, 0.25) is 0 Å². The summed E-state index contributed by atoms with van der Waals surface area (Å²) < 4.78 is 5.30. The maximum Gasteiger partial charge on any atom is 0.253 e. The first-order valence-electron chi connectivity index (χ1n) is 10.4. The second-order valence-electron chi connectivity index (χ2n) is 8.34. The van der Waals surface area contributed by atoms with Crippen LogP contribution in [0.25, 0.3) is 11.3 Å². The van der Waals surface area contributed by atoms with E-state index in [2.05, 4.69) is 34.3 Å². The second kappa shape index (κ2) is 8.73. The molecule has 0 saturated carbocycles. The van der Waals surface area contributed by atoms with Crippen molar-refractivity contribution in [2.75, 3.05) is 33.8 Å². The number of hydrogen-bond donors (Lipinski definition) is 1. The highest BCUT2D eigenvalue weighted by atomic mass is 35.5. The number of fused-ring (bicyclic) bond motifs is 1. The smallest absolute Gasteiger partial charge is 0.253 e. The van der Waals surface area contributed by atoms with Crippen molar-refractivity contribution in [3.63, 3.8) is 0 Å². The van der Waals surface area contributed by atoms with E-state index in [0.29, 0.717) is 17.9 Å². The van der Waals surface area contributed by atoms with E-state index < -0.39 is 0 Å². The minimum Gasteiger partial charge on any atom is -0.497 e. The third-order valence-electron chi connectivity index (χ3n) is 6.58. The quantitative estimate of drug-likeness (QED) is 0.671. The molecule has 1 N–H and O–H groups in total. The van der Waals surface area contributed by atoms with Gasteiger partial charge in [-0.2, -0.15) is 5.10 Å². The molecular formula is C24H27ClN4O2. The van der Waals surface area contributed by atoms with E-state index in [1.54, 1.807) is 13.3 Å². The Morgan fingerprint density at radius 2 is 1.77 bits per heavy atom. The molecule has 0 unspecified atom stereocenters. The molecule has 162 valence electrons. The molecule has 2 aliphatic heterocycles. The van der Waals surface area contributed by atoms with Crippen LogP contribution >= 0.6 is 12.4 Å². The molecule has 2 saturated heterocycles. The summed E-state index contributed by atoms with van der Waals surface area (Å²) >= 11 is 0. The number of ether oxygens (including phenoxy) is 1. The van der Waals surface area contributed by atoms with Gasteiger partial charge in [-0.05, 0) is 54.4 Å². The van der Waals surface area contributed by atoms with E-state index in [4.69, 9.17) is 4.74 Å². The fraction of sp³-hybridized carbons (Fsp3) is 0.333. The van der Waals surface area contributed by atoms with E-state index in [9.17, 15) is 4.79 Å². The van der Waals surface area contributed by atoms with Gasteiger partial charge in [-0.1, -0.05) is 24.3 Å². The lowest BCUT2D eigenvalue weighted by Crippen LogP contribution is -2.33. The van der Waals surface area contributed by atoms with Crippen LogP contribution in [-0.2, 0) is 0 Å². The van der Waals surface area contributed by atoms with Crippen LogP contribution in [-0.4, -0.2) is 59.7 Å². The zero-order chi connectivity index (χ0) is 20.7. The van der Waals surface area contributed by atoms with Crippen molar-refractivity contribution in [1.29, 1.82) is 0 Å². The van der Waals surface area contributed by atoms with Gasteiger partial charge < -0.3 is 9.64 Å². The summed E-state index contributed by atoms with van der Waals surface area (Å²) in [5.41, 5.74) is 4.02. The monoisotopic (exact) mass is 438 g/mol. The minimum absolute atomic E-state index is 0. The van der Waals surface area contributed by atoms with Gasteiger partial charge in [0.25, 0.3) is 5.91 Å². The Labute approximate surface area is 188 Å². The van der Waals surface area contributed by atoms with Crippen LogP contribution in [0.3, 0.4) is 0 Å². The van der Waals surface area contributed by atoms with Crippen molar-refractivity contribution < 1.29 is 9.53 Å². The van der Waals surface area contributed by atoms with Gasteiger partial charge in [-0.15, -0.1) is 12.4 Å².